The lowest BCUT2D eigenvalue weighted by molar-refractivity contribution is -0.126. The highest BCUT2D eigenvalue weighted by Gasteiger charge is 2.29. The van der Waals surface area contributed by atoms with Crippen LogP contribution in [0.3, 0.4) is 0 Å². The molecule has 2 aromatic rings. The van der Waals surface area contributed by atoms with Gasteiger partial charge in [0.25, 0.3) is 11.8 Å². The van der Waals surface area contributed by atoms with Crippen molar-refractivity contribution in [3.05, 3.63) is 60.2 Å². The Hall–Kier alpha value is -2.70. The fraction of sp³-hybridized carbons (Fsp3) is 0.300. The monoisotopic (exact) mass is 353 g/mol. The topological polar surface area (TPSA) is 84.7 Å². The molecule has 0 bridgehead atoms. The summed E-state index contributed by atoms with van der Waals surface area (Å²) in [5.41, 5.74) is 7.46. The number of nitrogens with zero attached hydrogens (tertiary/aromatic N) is 1. The lowest BCUT2D eigenvalue weighted by Gasteiger charge is -2.18. The Morgan fingerprint density at radius 2 is 1.92 bits per heavy atom. The summed E-state index contributed by atoms with van der Waals surface area (Å²) < 4.78 is 5.61. The molecule has 6 nitrogen and oxygen atoms in total. The van der Waals surface area contributed by atoms with Crippen molar-refractivity contribution >= 4 is 23.2 Å². The average Bonchev–Trinajstić information content (AvgIpc) is 3.17. The highest BCUT2D eigenvalue weighted by molar-refractivity contribution is 6.06. The third-order valence-corrected chi connectivity index (χ3v) is 4.49. The molecule has 0 unspecified atom stereocenters. The van der Waals surface area contributed by atoms with Crippen molar-refractivity contribution < 1.29 is 14.3 Å². The molecule has 2 atom stereocenters. The van der Waals surface area contributed by atoms with Crippen molar-refractivity contribution in [1.29, 1.82) is 0 Å². The zero-order valence-electron chi connectivity index (χ0n) is 14.7. The predicted octanol–water partition coefficient (Wildman–Crippen LogP) is 2.41. The molecular weight excluding hydrogens is 330 g/mol. The van der Waals surface area contributed by atoms with Gasteiger partial charge in [-0.25, -0.2) is 0 Å². The van der Waals surface area contributed by atoms with Crippen LogP contribution in [0.5, 0.6) is 0 Å². The third-order valence-electron chi connectivity index (χ3n) is 4.49. The molecule has 0 aromatic heterocycles. The number of para-hydroxylation sites is 1. The number of nitrogens with one attached hydrogen (secondary N) is 1. The Kier molecular flexibility index (Phi) is 5.65. The second-order valence-electron chi connectivity index (χ2n) is 6.33. The predicted molar refractivity (Wildman–Crippen MR) is 101 cm³/mol. The van der Waals surface area contributed by atoms with Crippen molar-refractivity contribution in [2.24, 2.45) is 5.73 Å². The normalized spacial score (nSPS) is 19.2. The lowest BCUT2D eigenvalue weighted by atomic mass is 10.1. The van der Waals surface area contributed by atoms with Gasteiger partial charge in [0.15, 0.2) is 0 Å². The smallest absolute Gasteiger partial charge is 0.258 e. The van der Waals surface area contributed by atoms with Crippen LogP contribution in [0.25, 0.3) is 0 Å². The molecule has 1 heterocycles. The maximum atomic E-state index is 12.7. The Morgan fingerprint density at radius 1 is 1.15 bits per heavy atom. The Balaban J connectivity index is 1.68. The van der Waals surface area contributed by atoms with Gasteiger partial charge in [-0.2, -0.15) is 0 Å². The summed E-state index contributed by atoms with van der Waals surface area (Å²) in [5.74, 6) is -0.352. The second kappa shape index (κ2) is 8.12. The van der Waals surface area contributed by atoms with E-state index >= 15 is 0 Å². The van der Waals surface area contributed by atoms with E-state index in [1.807, 2.05) is 30.3 Å². The van der Waals surface area contributed by atoms with E-state index in [-0.39, 0.29) is 17.9 Å². The summed E-state index contributed by atoms with van der Waals surface area (Å²) in [6.45, 7) is 0.416. The van der Waals surface area contributed by atoms with Crippen LogP contribution in [0.1, 0.15) is 23.2 Å². The average molecular weight is 353 g/mol. The van der Waals surface area contributed by atoms with E-state index in [0.717, 1.165) is 12.1 Å². The van der Waals surface area contributed by atoms with Gasteiger partial charge >= 0.3 is 0 Å². The highest BCUT2D eigenvalue weighted by atomic mass is 16.5. The van der Waals surface area contributed by atoms with Gasteiger partial charge in [-0.3, -0.25) is 9.59 Å². The number of nitrogens with two attached hydrogens (primary N) is 1. The molecule has 3 rings (SSSR count). The Morgan fingerprint density at radius 3 is 2.62 bits per heavy atom. The first-order chi connectivity index (χ1) is 12.6. The van der Waals surface area contributed by atoms with Crippen LogP contribution in [0.15, 0.2) is 54.6 Å². The van der Waals surface area contributed by atoms with Gasteiger partial charge in [-0.15, -0.1) is 0 Å². The first-order valence-electron chi connectivity index (χ1n) is 8.68. The number of amides is 2. The van der Waals surface area contributed by atoms with Crippen LogP contribution in [-0.4, -0.2) is 37.6 Å². The molecular formula is C20H23N3O3. The highest BCUT2D eigenvalue weighted by Crippen LogP contribution is 2.21. The number of rotatable bonds is 5. The van der Waals surface area contributed by atoms with Crippen LogP contribution in [0, 0.1) is 0 Å². The SMILES string of the molecule is CN(C(=O)c1cccc(NC(=O)[C@@H]2CC[C@H](CN)O2)c1)c1ccccc1. The van der Waals surface area contributed by atoms with Crippen LogP contribution < -0.4 is 16.0 Å². The fourth-order valence-corrected chi connectivity index (χ4v) is 2.99. The first kappa shape index (κ1) is 18.1. The van der Waals surface area contributed by atoms with Gasteiger partial charge in [0, 0.05) is 30.5 Å². The minimum Gasteiger partial charge on any atom is -0.364 e. The number of anilines is 2. The van der Waals surface area contributed by atoms with E-state index in [0.29, 0.717) is 24.2 Å². The molecule has 2 amide bonds. The van der Waals surface area contributed by atoms with E-state index in [9.17, 15) is 9.59 Å². The molecule has 0 aliphatic carbocycles. The zero-order valence-corrected chi connectivity index (χ0v) is 14.7. The van der Waals surface area contributed by atoms with Crippen molar-refractivity contribution in [1.82, 2.24) is 0 Å². The maximum absolute atomic E-state index is 12.7. The Bertz CT molecular complexity index is 779. The minimum atomic E-state index is -0.491. The van der Waals surface area contributed by atoms with Gasteiger partial charge < -0.3 is 20.7 Å². The fourth-order valence-electron chi connectivity index (χ4n) is 2.99. The Labute approximate surface area is 152 Å². The number of benzene rings is 2. The van der Waals surface area contributed by atoms with Gasteiger partial charge in [0.1, 0.15) is 6.10 Å². The standard InChI is InChI=1S/C20H23N3O3/c1-23(16-8-3-2-4-9-16)20(25)14-6-5-7-15(12-14)22-19(24)18-11-10-17(13-21)26-18/h2-9,12,17-18H,10-11,13,21H2,1H3,(H,22,24)/t17-,18+/m1/s1. The largest absolute Gasteiger partial charge is 0.364 e. The maximum Gasteiger partial charge on any atom is 0.258 e. The summed E-state index contributed by atoms with van der Waals surface area (Å²) in [4.78, 5) is 26.6. The van der Waals surface area contributed by atoms with E-state index in [4.69, 9.17) is 10.5 Å². The van der Waals surface area contributed by atoms with Gasteiger partial charge in [0.2, 0.25) is 0 Å². The van der Waals surface area contributed by atoms with Crippen LogP contribution in [0.4, 0.5) is 11.4 Å². The van der Waals surface area contributed by atoms with Gasteiger partial charge in [-0.05, 0) is 43.2 Å². The lowest BCUT2D eigenvalue weighted by Crippen LogP contribution is -2.30. The molecule has 26 heavy (non-hydrogen) atoms. The summed E-state index contributed by atoms with van der Waals surface area (Å²) in [6, 6.07) is 16.3. The molecule has 2 aromatic carbocycles. The molecule has 3 N–H and O–H groups in total. The zero-order chi connectivity index (χ0) is 18.5. The first-order valence-corrected chi connectivity index (χ1v) is 8.68. The molecule has 0 spiro atoms. The van der Waals surface area contributed by atoms with E-state index < -0.39 is 6.10 Å². The van der Waals surface area contributed by atoms with E-state index in [2.05, 4.69) is 5.32 Å². The number of ether oxygens (including phenoxy) is 1. The van der Waals surface area contributed by atoms with Crippen LogP contribution >= 0.6 is 0 Å². The molecule has 1 aliphatic rings. The summed E-state index contributed by atoms with van der Waals surface area (Å²) in [7, 11) is 1.72. The van der Waals surface area contributed by atoms with Crippen LogP contribution in [-0.2, 0) is 9.53 Å². The second-order valence-corrected chi connectivity index (χ2v) is 6.33. The summed E-state index contributed by atoms with van der Waals surface area (Å²) in [5, 5.41) is 2.83. The van der Waals surface area contributed by atoms with Crippen LogP contribution in [0.2, 0.25) is 0 Å². The summed E-state index contributed by atoms with van der Waals surface area (Å²) in [6.07, 6.45) is 0.894. The molecule has 1 saturated heterocycles. The molecule has 0 saturated carbocycles. The third kappa shape index (κ3) is 4.09. The number of carbonyl (C=O) groups excluding carboxylic acids is 2. The van der Waals surface area contributed by atoms with Crippen molar-refractivity contribution in [3.63, 3.8) is 0 Å². The molecule has 1 fully saturated rings. The van der Waals surface area contributed by atoms with Crippen molar-refractivity contribution in [2.45, 2.75) is 25.0 Å². The summed E-state index contributed by atoms with van der Waals surface area (Å²) >= 11 is 0. The molecule has 0 radical (unpaired) electrons. The molecule has 6 heteroatoms. The van der Waals surface area contributed by atoms with E-state index in [1.165, 1.54) is 0 Å². The van der Waals surface area contributed by atoms with Gasteiger partial charge in [0.05, 0.1) is 6.10 Å². The number of carbonyl (C=O) groups is 2. The molecule has 136 valence electrons. The van der Waals surface area contributed by atoms with Crippen molar-refractivity contribution in [2.75, 3.05) is 23.8 Å². The van der Waals surface area contributed by atoms with Gasteiger partial charge in [-0.1, -0.05) is 24.3 Å². The van der Waals surface area contributed by atoms with Crippen molar-refractivity contribution in [3.8, 4) is 0 Å². The van der Waals surface area contributed by atoms with E-state index in [1.54, 1.807) is 36.2 Å². The number of hydrogen-bond acceptors (Lipinski definition) is 4. The molecule has 1 aliphatic heterocycles. The number of hydrogen-bond donors (Lipinski definition) is 2. The quantitative estimate of drug-likeness (QED) is 0.864. The minimum absolute atomic E-state index is 0.0572.